The van der Waals surface area contributed by atoms with Crippen LogP contribution in [0.4, 0.5) is 52.7 Å². The first-order valence-corrected chi connectivity index (χ1v) is 12.9. The van der Waals surface area contributed by atoms with E-state index in [4.69, 9.17) is 0 Å². The van der Waals surface area contributed by atoms with Crippen LogP contribution in [0.2, 0.25) is 0 Å². The van der Waals surface area contributed by atoms with Crippen LogP contribution in [0.25, 0.3) is 11.1 Å². The number of hydrogen-bond donors (Lipinski definition) is 0. The van der Waals surface area contributed by atoms with Gasteiger partial charge >= 0.3 is 24.7 Å². The van der Waals surface area contributed by atoms with Crippen LogP contribution in [0.15, 0.2) is 24.3 Å². The molecule has 0 saturated heterocycles. The molecular weight excluding hydrogens is 724 g/mol. The van der Waals surface area contributed by atoms with E-state index in [0.717, 1.165) is 36.4 Å². The molecule has 0 bridgehead atoms. The van der Waals surface area contributed by atoms with Crippen LogP contribution < -0.4 is 10.4 Å². The molecule has 0 aromatic heterocycles. The first kappa shape index (κ1) is 38.9. The fourth-order valence-corrected chi connectivity index (χ4v) is 4.98. The van der Waals surface area contributed by atoms with Crippen molar-refractivity contribution in [2.75, 3.05) is 0 Å². The number of rotatable bonds is 2. The molecule has 0 aliphatic carbocycles. The van der Waals surface area contributed by atoms with E-state index in [1.165, 1.54) is 12.1 Å². The molecule has 0 aliphatic rings. The van der Waals surface area contributed by atoms with Crippen LogP contribution in [0.1, 0.15) is 66.8 Å². The zero-order chi connectivity index (χ0) is 39.7. The fourth-order valence-electron chi connectivity index (χ4n) is 4.98. The molecule has 3 rings (SSSR count). The number of hydrogen-bond acceptors (Lipinski definition) is 8. The van der Waals surface area contributed by atoms with Crippen molar-refractivity contribution in [1.82, 2.24) is 0 Å². The van der Waals surface area contributed by atoms with Crippen molar-refractivity contribution in [3.63, 3.8) is 0 Å². The Morgan fingerprint density at radius 3 is 0.865 bits per heavy atom. The van der Waals surface area contributed by atoms with Crippen LogP contribution in [-0.2, 0) is 24.7 Å². The van der Waals surface area contributed by atoms with Gasteiger partial charge in [-0.05, 0) is 24.3 Å². The maximum absolute atomic E-state index is 14.3. The van der Waals surface area contributed by atoms with E-state index in [9.17, 15) is 94.8 Å². The average molecular weight is 728 g/mol. The Morgan fingerprint density at radius 1 is 0.385 bits per heavy atom. The van der Waals surface area contributed by atoms with Gasteiger partial charge in [-0.15, -0.1) is 0 Å². The van der Waals surface area contributed by atoms with Crippen LogP contribution in [0, 0.1) is 90.6 Å². The van der Waals surface area contributed by atoms with Gasteiger partial charge in [0.15, 0.2) is 0 Å². The monoisotopic (exact) mass is 728 g/mol. The van der Waals surface area contributed by atoms with Gasteiger partial charge in [0.1, 0.15) is 36.4 Å². The smallest absolute Gasteiger partial charge is 0.192 e. The van der Waals surface area contributed by atoms with Crippen LogP contribution in [0.3, 0.4) is 0 Å². The summed E-state index contributed by atoms with van der Waals surface area (Å²) in [5, 5.41) is 74.5. The largest absolute Gasteiger partial charge is 0.418 e. The normalized spacial score (nSPS) is 12.7. The first-order chi connectivity index (χ1) is 24.0. The third-order valence-corrected chi connectivity index (χ3v) is 6.98. The van der Waals surface area contributed by atoms with E-state index in [1.807, 2.05) is 0 Å². The summed E-state index contributed by atoms with van der Waals surface area (Å²) in [6.07, 6.45) is -22.9. The van der Waals surface area contributed by atoms with Crippen LogP contribution in [0.5, 0.6) is 0 Å². The summed E-state index contributed by atoms with van der Waals surface area (Å²) in [4.78, 5) is 0. The Kier molecular flexibility index (Phi) is 10.0. The van der Waals surface area contributed by atoms with Crippen molar-refractivity contribution < 1.29 is 52.7 Å². The summed E-state index contributed by atoms with van der Waals surface area (Å²) in [6, 6.07) is 7.84. The van der Waals surface area contributed by atoms with Crippen molar-refractivity contribution in [2.24, 2.45) is 0 Å². The zero-order valence-corrected chi connectivity index (χ0v) is 24.4. The zero-order valence-electron chi connectivity index (χ0n) is 24.4. The average Bonchev–Trinajstić information content (AvgIpc) is 3.05. The molecule has 0 unspecified atom stereocenters. The molecule has 0 amide bonds. The van der Waals surface area contributed by atoms with E-state index in [-0.39, 0.29) is 24.3 Å². The first-order valence-electron chi connectivity index (χ1n) is 12.9. The highest BCUT2D eigenvalue weighted by Crippen LogP contribution is 2.45. The molecule has 0 radical (unpaired) electrons. The van der Waals surface area contributed by atoms with Gasteiger partial charge in [0.25, 0.3) is 0 Å². The number of halogens is 12. The number of benzene rings is 3. The highest BCUT2D eigenvalue weighted by Gasteiger charge is 2.45. The van der Waals surface area contributed by atoms with E-state index in [0.29, 0.717) is 0 Å². The van der Waals surface area contributed by atoms with Gasteiger partial charge in [-0.25, -0.2) is 0 Å². The maximum atomic E-state index is 14.3. The molecule has 0 fully saturated rings. The Morgan fingerprint density at radius 2 is 0.673 bits per heavy atom. The van der Waals surface area contributed by atoms with E-state index in [1.54, 1.807) is 0 Å². The molecular formula is C32H4F12N8. The quantitative estimate of drug-likeness (QED) is 0.269. The van der Waals surface area contributed by atoms with E-state index >= 15 is 0 Å². The fraction of sp³-hybridized carbons (Fsp3) is 0.125. The Hall–Kier alpha value is -7.52. The third-order valence-electron chi connectivity index (χ3n) is 6.98. The molecule has 52 heavy (non-hydrogen) atoms. The van der Waals surface area contributed by atoms with Crippen molar-refractivity contribution in [3.05, 3.63) is 101 Å². The minimum absolute atomic E-state index is 0.258. The van der Waals surface area contributed by atoms with Gasteiger partial charge in [0.05, 0.1) is 78.9 Å². The number of nitrogens with zero attached hydrogens (tertiary/aromatic N) is 8. The summed E-state index contributed by atoms with van der Waals surface area (Å²) in [6.45, 7) is 0. The molecule has 3 aromatic rings. The predicted molar refractivity (Wildman–Crippen MR) is 143 cm³/mol. The lowest BCUT2D eigenvalue weighted by Crippen LogP contribution is -2.25. The number of nitriles is 8. The highest BCUT2D eigenvalue weighted by molar-refractivity contribution is 5.85. The lowest BCUT2D eigenvalue weighted by molar-refractivity contribution is -0.141. The molecule has 8 nitrogen and oxygen atoms in total. The summed E-state index contributed by atoms with van der Waals surface area (Å²) in [5.74, 6) is 0. The molecule has 3 aromatic carbocycles. The van der Waals surface area contributed by atoms with Gasteiger partial charge in [0.2, 0.25) is 0 Å². The minimum atomic E-state index is -5.79. The molecule has 0 saturated carbocycles. The topological polar surface area (TPSA) is 190 Å². The number of alkyl halides is 12. The second-order valence-corrected chi connectivity index (χ2v) is 9.77. The van der Waals surface area contributed by atoms with E-state index in [2.05, 4.69) is 0 Å². The Labute approximate surface area is 280 Å². The van der Waals surface area contributed by atoms with Gasteiger partial charge in [-0.2, -0.15) is 94.8 Å². The summed E-state index contributed by atoms with van der Waals surface area (Å²) in [7, 11) is 0. The standard InChI is InChI=1S/C32H4F12N8/c33-29(34,35)25-3-17(27(31(39,40)41)23(11-51)21(25)9-49)19(7-47)15-1-13(5-45)16(2-14(15)6-46)20(8-48)18-4-26(30(36,37)38)22(10-50)24(12-52)28(18)32(42,43)44/h1-4H/b19-15-,20-16+. The van der Waals surface area contributed by atoms with Gasteiger partial charge in [-0.3, -0.25) is 0 Å². The summed E-state index contributed by atoms with van der Waals surface area (Å²) in [5.41, 5.74) is -25.1. The maximum Gasteiger partial charge on any atom is 0.418 e. The van der Waals surface area contributed by atoms with Crippen molar-refractivity contribution in [1.29, 1.82) is 42.1 Å². The highest BCUT2D eigenvalue weighted by atomic mass is 19.4. The molecule has 0 atom stereocenters. The SMILES string of the molecule is N#C/C(c1cc(C(F)(F)F)c(C#N)c(C#N)c1C(F)(F)F)=c1/cc(C#N)/c(=C(/C#N)c2cc(C(F)(F)F)c(C#N)c(C#N)c2C(F)(F)F)cc1C#N. The molecule has 20 heteroatoms. The third kappa shape index (κ3) is 6.70. The minimum Gasteiger partial charge on any atom is -0.192 e. The predicted octanol–water partition coefficient (Wildman–Crippen LogP) is 6.44. The lowest BCUT2D eigenvalue weighted by atomic mass is 9.86. The second kappa shape index (κ2) is 13.4. The van der Waals surface area contributed by atoms with Crippen LogP contribution in [-0.4, -0.2) is 0 Å². The Balaban J connectivity index is 2.84. The van der Waals surface area contributed by atoms with Crippen molar-refractivity contribution in [2.45, 2.75) is 24.7 Å². The van der Waals surface area contributed by atoms with Gasteiger partial charge in [-0.1, -0.05) is 0 Å². The Bertz CT molecular complexity index is 2370. The van der Waals surface area contributed by atoms with Crippen molar-refractivity contribution >= 4 is 11.1 Å². The summed E-state index contributed by atoms with van der Waals surface area (Å²) < 4.78 is 169. The molecule has 256 valence electrons. The van der Waals surface area contributed by atoms with Crippen molar-refractivity contribution in [3.8, 4) is 48.6 Å². The molecule has 0 heterocycles. The lowest BCUT2D eigenvalue weighted by Gasteiger charge is -2.19. The molecule has 0 aliphatic heterocycles. The molecule has 0 N–H and O–H groups in total. The summed E-state index contributed by atoms with van der Waals surface area (Å²) >= 11 is 0. The van der Waals surface area contributed by atoms with Gasteiger partial charge < -0.3 is 0 Å². The molecule has 0 spiro atoms. The van der Waals surface area contributed by atoms with E-state index < -0.39 is 113 Å². The van der Waals surface area contributed by atoms with Gasteiger partial charge in [0, 0.05) is 21.6 Å². The van der Waals surface area contributed by atoms with Crippen LogP contribution >= 0.6 is 0 Å². The second-order valence-electron chi connectivity index (χ2n) is 9.77.